The molecule has 6 nitrogen and oxygen atoms in total. The van der Waals surface area contributed by atoms with E-state index in [-0.39, 0.29) is 5.91 Å². The number of hydrogen-bond donors (Lipinski definition) is 1. The minimum Gasteiger partial charge on any atom is -0.493 e. The molecule has 0 unspecified atom stereocenters. The van der Waals surface area contributed by atoms with Gasteiger partial charge in [-0.15, -0.1) is 0 Å². The summed E-state index contributed by atoms with van der Waals surface area (Å²) in [5.74, 6) is 1.87. The molecule has 1 aromatic heterocycles. The van der Waals surface area contributed by atoms with Crippen molar-refractivity contribution in [2.24, 2.45) is 0 Å². The lowest BCUT2D eigenvalue weighted by atomic mass is 10.1. The summed E-state index contributed by atoms with van der Waals surface area (Å²) < 4.78 is 16.6. The van der Waals surface area contributed by atoms with E-state index in [1.54, 1.807) is 32.4 Å². The van der Waals surface area contributed by atoms with Crippen LogP contribution in [-0.2, 0) is 6.54 Å². The van der Waals surface area contributed by atoms with Gasteiger partial charge in [-0.2, -0.15) is 0 Å². The van der Waals surface area contributed by atoms with Crippen molar-refractivity contribution in [3.63, 3.8) is 0 Å². The molecule has 29 heavy (non-hydrogen) atoms. The summed E-state index contributed by atoms with van der Waals surface area (Å²) in [5.41, 5.74) is 1.40. The first kappa shape index (κ1) is 19.3. The number of carbonyl (C=O) groups is 1. The molecule has 2 heterocycles. The first-order valence-electron chi connectivity index (χ1n) is 9.90. The zero-order valence-electron chi connectivity index (χ0n) is 16.8. The monoisotopic (exact) mass is 394 g/mol. The largest absolute Gasteiger partial charge is 0.493 e. The summed E-state index contributed by atoms with van der Waals surface area (Å²) in [6, 6.07) is 15.5. The molecule has 0 radical (unpaired) electrons. The molecule has 6 heteroatoms. The first-order valence-corrected chi connectivity index (χ1v) is 9.90. The minimum atomic E-state index is -0.0555. The predicted molar refractivity (Wildman–Crippen MR) is 112 cm³/mol. The Morgan fingerprint density at radius 2 is 1.97 bits per heavy atom. The van der Waals surface area contributed by atoms with Gasteiger partial charge in [0.2, 0.25) is 0 Å². The van der Waals surface area contributed by atoms with Crippen LogP contribution in [0.4, 0.5) is 0 Å². The van der Waals surface area contributed by atoms with Crippen LogP contribution in [0.15, 0.2) is 52.9 Å². The second-order valence-corrected chi connectivity index (χ2v) is 7.30. The van der Waals surface area contributed by atoms with Crippen LogP contribution in [0.2, 0.25) is 0 Å². The molecular weight excluding hydrogens is 368 g/mol. The van der Waals surface area contributed by atoms with Crippen LogP contribution < -0.4 is 14.8 Å². The van der Waals surface area contributed by atoms with Gasteiger partial charge < -0.3 is 24.1 Å². The molecule has 152 valence electrons. The number of nitrogens with zero attached hydrogens (tertiary/aromatic N) is 1. The number of para-hydroxylation sites is 1. The van der Waals surface area contributed by atoms with E-state index in [9.17, 15) is 4.79 Å². The van der Waals surface area contributed by atoms with Crippen molar-refractivity contribution in [2.75, 3.05) is 27.3 Å². The molecule has 1 aliphatic rings. The maximum absolute atomic E-state index is 13.4. The highest BCUT2D eigenvalue weighted by molar-refractivity contribution is 5.95. The number of fused-ring (bicyclic) bond motifs is 1. The molecule has 0 aliphatic carbocycles. The molecule has 0 bridgehead atoms. The van der Waals surface area contributed by atoms with Crippen LogP contribution in [0, 0.1) is 0 Å². The van der Waals surface area contributed by atoms with Crippen LogP contribution in [-0.4, -0.2) is 44.2 Å². The van der Waals surface area contributed by atoms with E-state index < -0.39 is 0 Å². The fourth-order valence-electron chi connectivity index (χ4n) is 3.85. The molecule has 1 fully saturated rings. The van der Waals surface area contributed by atoms with Crippen molar-refractivity contribution >= 4 is 16.9 Å². The van der Waals surface area contributed by atoms with Crippen molar-refractivity contribution in [1.29, 1.82) is 0 Å². The van der Waals surface area contributed by atoms with Crippen molar-refractivity contribution in [3.8, 4) is 11.5 Å². The fraction of sp³-hybridized carbons (Fsp3) is 0.348. The number of hydrogen-bond acceptors (Lipinski definition) is 5. The standard InChI is InChI=1S/C23H26N2O4/c1-27-21-10-9-17(13-22(21)28-2)23(26)25(14-18-7-5-11-24-18)15-19-12-16-6-3-4-8-20(16)29-19/h3-4,6,8-10,12-13,18,24H,5,7,11,14-15H2,1-2H3/t18-/m0/s1. The van der Waals surface area contributed by atoms with Gasteiger partial charge in [0, 0.05) is 23.5 Å². The highest BCUT2D eigenvalue weighted by Crippen LogP contribution is 2.29. The number of ether oxygens (including phenoxy) is 2. The number of furan rings is 1. The lowest BCUT2D eigenvalue weighted by molar-refractivity contribution is 0.0717. The Balaban J connectivity index is 1.61. The van der Waals surface area contributed by atoms with Crippen molar-refractivity contribution < 1.29 is 18.7 Å². The molecule has 1 atom stereocenters. The molecule has 0 spiro atoms. The summed E-state index contributed by atoms with van der Waals surface area (Å²) in [7, 11) is 3.15. The summed E-state index contributed by atoms with van der Waals surface area (Å²) in [4.78, 5) is 15.2. The average Bonchev–Trinajstić information content (AvgIpc) is 3.41. The molecule has 1 saturated heterocycles. The second-order valence-electron chi connectivity index (χ2n) is 7.30. The highest BCUT2D eigenvalue weighted by Gasteiger charge is 2.24. The van der Waals surface area contributed by atoms with Crippen LogP contribution in [0.25, 0.3) is 11.0 Å². The number of nitrogens with one attached hydrogen (secondary N) is 1. The van der Waals surface area contributed by atoms with Crippen LogP contribution >= 0.6 is 0 Å². The Morgan fingerprint density at radius 3 is 2.69 bits per heavy atom. The van der Waals surface area contributed by atoms with E-state index in [2.05, 4.69) is 5.32 Å². The SMILES string of the molecule is COc1ccc(C(=O)N(Cc2cc3ccccc3o2)C[C@@H]2CCCN2)cc1OC. The van der Waals surface area contributed by atoms with E-state index in [4.69, 9.17) is 13.9 Å². The predicted octanol–water partition coefficient (Wildman–Crippen LogP) is 3.84. The summed E-state index contributed by atoms with van der Waals surface area (Å²) in [6.07, 6.45) is 2.20. The maximum Gasteiger partial charge on any atom is 0.254 e. The van der Waals surface area contributed by atoms with Crippen LogP contribution in [0.5, 0.6) is 11.5 Å². The van der Waals surface area contributed by atoms with E-state index >= 15 is 0 Å². The Labute approximate surface area is 170 Å². The lowest BCUT2D eigenvalue weighted by Crippen LogP contribution is -2.40. The molecule has 2 aromatic carbocycles. The molecule has 1 amide bonds. The van der Waals surface area contributed by atoms with Crippen molar-refractivity contribution in [2.45, 2.75) is 25.4 Å². The van der Waals surface area contributed by atoms with Crippen molar-refractivity contribution in [3.05, 3.63) is 59.9 Å². The maximum atomic E-state index is 13.4. The Hall–Kier alpha value is -2.99. The number of methoxy groups -OCH3 is 2. The van der Waals surface area contributed by atoms with E-state index in [0.29, 0.717) is 36.2 Å². The fourth-order valence-corrected chi connectivity index (χ4v) is 3.85. The number of amides is 1. The van der Waals surface area contributed by atoms with Gasteiger partial charge in [-0.25, -0.2) is 0 Å². The average molecular weight is 394 g/mol. The molecular formula is C23H26N2O4. The van der Waals surface area contributed by atoms with Gasteiger partial charge in [-0.05, 0) is 49.7 Å². The highest BCUT2D eigenvalue weighted by atomic mass is 16.5. The van der Waals surface area contributed by atoms with Gasteiger partial charge in [0.15, 0.2) is 11.5 Å². The first-order chi connectivity index (χ1) is 14.2. The Kier molecular flexibility index (Phi) is 5.71. The van der Waals surface area contributed by atoms with Gasteiger partial charge in [0.1, 0.15) is 11.3 Å². The normalized spacial score (nSPS) is 16.1. The van der Waals surface area contributed by atoms with E-state index in [1.165, 1.54) is 0 Å². The molecule has 1 N–H and O–H groups in total. The molecule has 0 saturated carbocycles. The zero-order valence-corrected chi connectivity index (χ0v) is 16.8. The van der Waals surface area contributed by atoms with E-state index in [0.717, 1.165) is 36.1 Å². The summed E-state index contributed by atoms with van der Waals surface area (Å²) in [6.45, 7) is 2.04. The lowest BCUT2D eigenvalue weighted by Gasteiger charge is -2.25. The number of carbonyl (C=O) groups excluding carboxylic acids is 1. The smallest absolute Gasteiger partial charge is 0.254 e. The summed E-state index contributed by atoms with van der Waals surface area (Å²) >= 11 is 0. The van der Waals surface area contributed by atoms with Gasteiger partial charge in [-0.1, -0.05) is 18.2 Å². The molecule has 1 aliphatic heterocycles. The number of rotatable bonds is 7. The van der Waals surface area contributed by atoms with Crippen LogP contribution in [0.1, 0.15) is 29.0 Å². The topological polar surface area (TPSA) is 63.9 Å². The van der Waals surface area contributed by atoms with Gasteiger partial charge >= 0.3 is 0 Å². The van der Waals surface area contributed by atoms with Crippen molar-refractivity contribution in [1.82, 2.24) is 10.2 Å². The second kappa shape index (κ2) is 8.57. The zero-order chi connectivity index (χ0) is 20.2. The molecule has 4 rings (SSSR count). The molecule has 3 aromatic rings. The Bertz CT molecular complexity index is 958. The van der Waals surface area contributed by atoms with Crippen LogP contribution in [0.3, 0.4) is 0 Å². The third-order valence-electron chi connectivity index (χ3n) is 5.34. The Morgan fingerprint density at radius 1 is 1.14 bits per heavy atom. The quantitative estimate of drug-likeness (QED) is 0.660. The third kappa shape index (κ3) is 4.22. The summed E-state index contributed by atoms with van der Waals surface area (Å²) in [5, 5.41) is 4.52. The van der Waals surface area contributed by atoms with Gasteiger partial charge in [-0.3, -0.25) is 4.79 Å². The van der Waals surface area contributed by atoms with E-state index in [1.807, 2.05) is 35.2 Å². The van der Waals surface area contributed by atoms with Gasteiger partial charge in [0.05, 0.1) is 20.8 Å². The number of benzene rings is 2. The minimum absolute atomic E-state index is 0.0555. The third-order valence-corrected chi connectivity index (χ3v) is 5.34. The van der Waals surface area contributed by atoms with Gasteiger partial charge in [0.25, 0.3) is 5.91 Å².